The zero-order valence-electron chi connectivity index (χ0n) is 17.7. The van der Waals surface area contributed by atoms with Gasteiger partial charge in [-0.2, -0.15) is 0 Å². The second-order valence-electron chi connectivity index (χ2n) is 8.71. The fourth-order valence-corrected chi connectivity index (χ4v) is 4.84. The van der Waals surface area contributed by atoms with Crippen molar-refractivity contribution >= 4 is 11.9 Å². The second-order valence-corrected chi connectivity index (χ2v) is 8.71. The third-order valence-electron chi connectivity index (χ3n) is 6.55. The van der Waals surface area contributed by atoms with E-state index in [0.717, 1.165) is 38.8 Å². The molecule has 164 valence electrons. The fourth-order valence-electron chi connectivity index (χ4n) is 4.84. The molecule has 0 spiro atoms. The molecule has 2 unspecified atom stereocenters. The lowest BCUT2D eigenvalue weighted by molar-refractivity contribution is -0.135. The molecule has 2 atom stereocenters. The zero-order valence-corrected chi connectivity index (χ0v) is 17.7. The number of hydrogen-bond acceptors (Lipinski definition) is 5. The summed E-state index contributed by atoms with van der Waals surface area (Å²) in [5.41, 5.74) is 3.95. The highest BCUT2D eigenvalue weighted by Crippen LogP contribution is 2.29. The van der Waals surface area contributed by atoms with Crippen LogP contribution in [0.2, 0.25) is 0 Å². The SMILES string of the molecule is O=C(O)c1cc(-c2cn(CC3CCN(C(=O)C4CCc5ccccc5C4)C3)nn2)ccn1. The van der Waals surface area contributed by atoms with Crippen molar-refractivity contribution in [1.29, 1.82) is 0 Å². The van der Waals surface area contributed by atoms with Gasteiger partial charge >= 0.3 is 5.97 Å². The number of likely N-dealkylation sites (tertiary alicyclic amines) is 1. The Hall–Kier alpha value is -3.55. The molecule has 1 saturated heterocycles. The van der Waals surface area contributed by atoms with E-state index in [4.69, 9.17) is 5.11 Å². The number of carbonyl (C=O) groups excluding carboxylic acids is 1. The van der Waals surface area contributed by atoms with Crippen molar-refractivity contribution in [3.05, 3.63) is 65.6 Å². The van der Waals surface area contributed by atoms with E-state index in [9.17, 15) is 9.59 Å². The maximum atomic E-state index is 13.1. The smallest absolute Gasteiger partial charge is 0.354 e. The Morgan fingerprint density at radius 1 is 1.12 bits per heavy atom. The van der Waals surface area contributed by atoms with Crippen molar-refractivity contribution in [3.8, 4) is 11.3 Å². The number of hydrogen-bond donors (Lipinski definition) is 1. The first-order chi connectivity index (χ1) is 15.6. The molecule has 1 aromatic carbocycles. The summed E-state index contributed by atoms with van der Waals surface area (Å²) in [6, 6.07) is 11.7. The number of fused-ring (bicyclic) bond motifs is 1. The van der Waals surface area contributed by atoms with E-state index in [1.807, 2.05) is 11.1 Å². The van der Waals surface area contributed by atoms with Crippen LogP contribution < -0.4 is 0 Å². The van der Waals surface area contributed by atoms with Crippen LogP contribution in [-0.2, 0) is 24.2 Å². The number of carboxylic acids is 1. The molecule has 2 aliphatic rings. The van der Waals surface area contributed by atoms with E-state index in [1.54, 1.807) is 10.7 Å². The zero-order chi connectivity index (χ0) is 22.1. The van der Waals surface area contributed by atoms with E-state index >= 15 is 0 Å². The molecule has 8 heteroatoms. The number of aryl methyl sites for hydroxylation is 1. The molecule has 2 aromatic heterocycles. The average Bonchev–Trinajstić information content (AvgIpc) is 3.48. The third-order valence-corrected chi connectivity index (χ3v) is 6.55. The molecule has 3 aromatic rings. The summed E-state index contributed by atoms with van der Waals surface area (Å²) < 4.78 is 1.78. The van der Waals surface area contributed by atoms with Crippen molar-refractivity contribution in [2.75, 3.05) is 13.1 Å². The highest BCUT2D eigenvalue weighted by molar-refractivity contribution is 5.86. The van der Waals surface area contributed by atoms with Crippen molar-refractivity contribution in [2.45, 2.75) is 32.2 Å². The van der Waals surface area contributed by atoms with Crippen LogP contribution in [-0.4, -0.2) is 55.0 Å². The van der Waals surface area contributed by atoms with Crippen LogP contribution >= 0.6 is 0 Å². The number of carboxylic acid groups (broad SMARTS) is 1. The Morgan fingerprint density at radius 2 is 1.97 bits per heavy atom. The van der Waals surface area contributed by atoms with Gasteiger partial charge in [0.2, 0.25) is 5.91 Å². The van der Waals surface area contributed by atoms with Gasteiger partial charge in [0.25, 0.3) is 0 Å². The summed E-state index contributed by atoms with van der Waals surface area (Å²) in [5.74, 6) is -0.385. The van der Waals surface area contributed by atoms with Gasteiger partial charge in [-0.1, -0.05) is 29.5 Å². The van der Waals surface area contributed by atoms with E-state index in [0.29, 0.717) is 23.7 Å². The number of benzene rings is 1. The molecule has 3 heterocycles. The van der Waals surface area contributed by atoms with Gasteiger partial charge in [-0.3, -0.25) is 9.48 Å². The first-order valence-electron chi connectivity index (χ1n) is 11.0. The minimum absolute atomic E-state index is 0.0210. The summed E-state index contributed by atoms with van der Waals surface area (Å²) in [4.78, 5) is 30.1. The maximum Gasteiger partial charge on any atom is 0.354 e. The van der Waals surface area contributed by atoms with Crippen molar-refractivity contribution < 1.29 is 14.7 Å². The largest absolute Gasteiger partial charge is 0.477 e. The second kappa shape index (κ2) is 8.53. The van der Waals surface area contributed by atoms with Gasteiger partial charge < -0.3 is 10.0 Å². The van der Waals surface area contributed by atoms with Crippen LogP contribution in [0.4, 0.5) is 0 Å². The minimum atomic E-state index is -1.07. The van der Waals surface area contributed by atoms with Crippen LogP contribution in [0, 0.1) is 11.8 Å². The monoisotopic (exact) mass is 431 g/mol. The lowest BCUT2D eigenvalue weighted by Gasteiger charge is -2.28. The van der Waals surface area contributed by atoms with Crippen LogP contribution in [0.3, 0.4) is 0 Å². The molecular weight excluding hydrogens is 406 g/mol. The van der Waals surface area contributed by atoms with E-state index in [2.05, 4.69) is 39.6 Å². The molecule has 1 aliphatic heterocycles. The Kier molecular flexibility index (Phi) is 5.43. The predicted octanol–water partition coefficient (Wildman–Crippen LogP) is 2.69. The van der Waals surface area contributed by atoms with Gasteiger partial charge in [-0.05, 0) is 54.9 Å². The summed E-state index contributed by atoms with van der Waals surface area (Å²) in [6.07, 6.45) is 6.97. The number of pyridine rings is 1. The average molecular weight is 431 g/mol. The van der Waals surface area contributed by atoms with Gasteiger partial charge in [0.15, 0.2) is 0 Å². The Bertz CT molecular complexity index is 1160. The quantitative estimate of drug-likeness (QED) is 0.667. The number of aromatic carboxylic acids is 1. The van der Waals surface area contributed by atoms with Gasteiger partial charge in [0.05, 0.1) is 6.20 Å². The summed E-state index contributed by atoms with van der Waals surface area (Å²) >= 11 is 0. The topological polar surface area (TPSA) is 101 Å². The molecule has 0 radical (unpaired) electrons. The Morgan fingerprint density at radius 3 is 2.81 bits per heavy atom. The highest BCUT2D eigenvalue weighted by atomic mass is 16.4. The molecule has 1 aliphatic carbocycles. The number of carbonyl (C=O) groups is 2. The molecule has 0 saturated carbocycles. The molecular formula is C24H25N5O3. The van der Waals surface area contributed by atoms with Crippen LogP contribution in [0.1, 0.15) is 34.5 Å². The number of rotatable bonds is 5. The standard InChI is InChI=1S/C24H25N5O3/c30-23(20-6-5-17-3-1-2-4-18(17)11-20)28-10-8-16(13-28)14-29-15-22(26-27-29)19-7-9-25-21(12-19)24(31)32/h1-4,7,9,12,15-16,20H,5-6,8,10-11,13-14H2,(H,31,32). The highest BCUT2D eigenvalue weighted by Gasteiger charge is 2.33. The van der Waals surface area contributed by atoms with Crippen LogP contribution in [0.5, 0.6) is 0 Å². The Balaban J connectivity index is 1.19. The van der Waals surface area contributed by atoms with Gasteiger partial charge in [0, 0.05) is 37.3 Å². The molecule has 5 rings (SSSR count). The summed E-state index contributed by atoms with van der Waals surface area (Å²) in [7, 11) is 0. The first-order valence-corrected chi connectivity index (χ1v) is 11.0. The number of nitrogens with zero attached hydrogens (tertiary/aromatic N) is 5. The molecule has 32 heavy (non-hydrogen) atoms. The molecule has 1 amide bonds. The maximum absolute atomic E-state index is 13.1. The van der Waals surface area contributed by atoms with E-state index in [1.165, 1.54) is 23.4 Å². The molecule has 8 nitrogen and oxygen atoms in total. The summed E-state index contributed by atoms with van der Waals surface area (Å²) in [6.45, 7) is 2.21. The Labute approximate surface area is 185 Å². The predicted molar refractivity (Wildman–Crippen MR) is 117 cm³/mol. The lowest BCUT2D eigenvalue weighted by atomic mass is 9.83. The molecule has 1 N–H and O–H groups in total. The normalized spacial score (nSPS) is 20.2. The van der Waals surface area contributed by atoms with E-state index < -0.39 is 5.97 Å². The lowest BCUT2D eigenvalue weighted by Crippen LogP contribution is -2.37. The van der Waals surface area contributed by atoms with Gasteiger partial charge in [-0.25, -0.2) is 9.78 Å². The van der Waals surface area contributed by atoms with Crippen LogP contribution in [0.25, 0.3) is 11.3 Å². The van der Waals surface area contributed by atoms with Crippen LogP contribution in [0.15, 0.2) is 48.8 Å². The molecule has 1 fully saturated rings. The van der Waals surface area contributed by atoms with Crippen molar-refractivity contribution in [3.63, 3.8) is 0 Å². The fraction of sp³-hybridized carbons (Fsp3) is 0.375. The third kappa shape index (κ3) is 4.12. The number of amides is 1. The van der Waals surface area contributed by atoms with Gasteiger partial charge in [0.1, 0.15) is 11.4 Å². The minimum Gasteiger partial charge on any atom is -0.477 e. The first kappa shape index (κ1) is 20.4. The van der Waals surface area contributed by atoms with Gasteiger partial charge in [-0.15, -0.1) is 5.10 Å². The number of aromatic nitrogens is 4. The summed E-state index contributed by atoms with van der Waals surface area (Å²) in [5, 5.41) is 17.5. The van der Waals surface area contributed by atoms with Crippen molar-refractivity contribution in [1.82, 2.24) is 24.9 Å². The van der Waals surface area contributed by atoms with E-state index in [-0.39, 0.29) is 17.5 Å². The molecule has 0 bridgehead atoms. The van der Waals surface area contributed by atoms with Crippen molar-refractivity contribution in [2.24, 2.45) is 11.8 Å².